The smallest absolute Gasteiger partial charge is 0.383 e. The number of nitrogens with one attached hydrogen (secondary N) is 1. The molecule has 0 unspecified atom stereocenters. The average molecular weight is 470 g/mol. The van der Waals surface area contributed by atoms with Crippen LogP contribution in [-0.4, -0.2) is 29.7 Å². The van der Waals surface area contributed by atoms with Crippen LogP contribution >= 0.6 is 11.6 Å². The van der Waals surface area contributed by atoms with E-state index in [9.17, 15) is 13.2 Å². The van der Waals surface area contributed by atoms with Gasteiger partial charge in [-0.05, 0) is 35.9 Å². The summed E-state index contributed by atoms with van der Waals surface area (Å²) in [4.78, 5) is 15.8. The van der Waals surface area contributed by atoms with Gasteiger partial charge >= 0.3 is 6.18 Å². The quantitative estimate of drug-likeness (QED) is 0.377. The van der Waals surface area contributed by atoms with Crippen LogP contribution in [0.1, 0.15) is 11.4 Å². The van der Waals surface area contributed by atoms with Gasteiger partial charge in [-0.25, -0.2) is 15.0 Å². The first kappa shape index (κ1) is 21.0. The number of hydrogen-bond acceptors (Lipinski definition) is 5. The summed E-state index contributed by atoms with van der Waals surface area (Å²) >= 11 is 6.00. The normalized spacial score (nSPS) is 11.9. The molecular weight excluding hydrogens is 455 g/mol. The maximum Gasteiger partial charge on any atom is 0.416 e. The molecule has 3 N–H and O–H groups in total. The lowest BCUT2D eigenvalue weighted by Crippen LogP contribution is -2.04. The minimum atomic E-state index is -4.42. The maximum absolute atomic E-state index is 13.0. The Hall–Kier alpha value is -3.92. The van der Waals surface area contributed by atoms with Crippen LogP contribution in [0.25, 0.3) is 33.4 Å². The molecule has 166 valence electrons. The van der Waals surface area contributed by atoms with Crippen LogP contribution in [0.3, 0.4) is 0 Å². The number of benzene rings is 2. The molecule has 33 heavy (non-hydrogen) atoms. The monoisotopic (exact) mass is 469 g/mol. The number of nitrogens with zero attached hydrogens (tertiary/aromatic N) is 5. The fourth-order valence-electron chi connectivity index (χ4n) is 3.56. The predicted molar refractivity (Wildman–Crippen MR) is 118 cm³/mol. The van der Waals surface area contributed by atoms with Gasteiger partial charge in [-0.15, -0.1) is 0 Å². The molecule has 7 nitrogen and oxygen atoms in total. The van der Waals surface area contributed by atoms with E-state index in [1.165, 1.54) is 12.4 Å². The molecule has 0 saturated carbocycles. The molecule has 0 saturated heterocycles. The van der Waals surface area contributed by atoms with E-state index in [2.05, 4.69) is 25.0 Å². The third kappa shape index (κ3) is 4.12. The lowest BCUT2D eigenvalue weighted by Gasteiger charge is -2.09. The molecule has 3 aromatic heterocycles. The van der Waals surface area contributed by atoms with E-state index in [1.807, 2.05) is 12.1 Å². The highest BCUT2D eigenvalue weighted by atomic mass is 35.5. The highest BCUT2D eigenvalue weighted by Gasteiger charge is 2.30. The summed E-state index contributed by atoms with van der Waals surface area (Å²) in [5, 5.41) is 4.94. The van der Waals surface area contributed by atoms with Gasteiger partial charge in [-0.2, -0.15) is 18.3 Å². The van der Waals surface area contributed by atoms with E-state index in [4.69, 9.17) is 17.3 Å². The highest BCUT2D eigenvalue weighted by molar-refractivity contribution is 6.30. The lowest BCUT2D eigenvalue weighted by atomic mass is 10.0. The van der Waals surface area contributed by atoms with Gasteiger partial charge in [-0.3, -0.25) is 4.68 Å². The fraction of sp³-hybridized carbons (Fsp3) is 0.0909. The Balaban J connectivity index is 1.46. The van der Waals surface area contributed by atoms with E-state index in [-0.39, 0.29) is 6.54 Å². The highest BCUT2D eigenvalue weighted by Crippen LogP contribution is 2.34. The Morgan fingerprint density at radius 1 is 1.03 bits per heavy atom. The Kier molecular flexibility index (Phi) is 5.01. The zero-order valence-electron chi connectivity index (χ0n) is 16.8. The molecule has 0 radical (unpaired) electrons. The third-order valence-electron chi connectivity index (χ3n) is 5.09. The van der Waals surface area contributed by atoms with Crippen LogP contribution in [0.4, 0.5) is 19.0 Å². The number of alkyl halides is 3. The molecule has 0 aliphatic rings. The first-order chi connectivity index (χ1) is 15.8. The number of rotatable bonds is 4. The summed E-state index contributed by atoms with van der Waals surface area (Å²) in [6.45, 7) is 0.229. The minimum Gasteiger partial charge on any atom is -0.383 e. The van der Waals surface area contributed by atoms with E-state index in [0.717, 1.165) is 17.7 Å². The second-order valence-electron chi connectivity index (χ2n) is 7.33. The molecule has 0 fully saturated rings. The van der Waals surface area contributed by atoms with E-state index >= 15 is 0 Å². The topological polar surface area (TPSA) is 98.3 Å². The molecule has 0 spiro atoms. The molecule has 0 amide bonds. The van der Waals surface area contributed by atoms with Crippen LogP contribution in [-0.2, 0) is 12.7 Å². The molecule has 0 atom stereocenters. The fourth-order valence-corrected chi connectivity index (χ4v) is 3.68. The summed E-state index contributed by atoms with van der Waals surface area (Å²) in [5.74, 6) is 0.784. The number of fused-ring (bicyclic) bond motifs is 1. The van der Waals surface area contributed by atoms with Gasteiger partial charge in [0.25, 0.3) is 0 Å². The zero-order chi connectivity index (χ0) is 23.2. The molecule has 5 rings (SSSR count). The third-order valence-corrected chi connectivity index (χ3v) is 5.34. The van der Waals surface area contributed by atoms with Crippen molar-refractivity contribution in [3.63, 3.8) is 0 Å². The van der Waals surface area contributed by atoms with Crippen LogP contribution in [0.2, 0.25) is 5.02 Å². The van der Waals surface area contributed by atoms with E-state index in [0.29, 0.717) is 44.5 Å². The summed E-state index contributed by atoms with van der Waals surface area (Å²) < 4.78 is 40.5. The Morgan fingerprint density at radius 2 is 1.82 bits per heavy atom. The molecule has 0 aliphatic carbocycles. The number of nitrogens with two attached hydrogens (primary N) is 1. The number of H-pyrrole nitrogens is 1. The number of imidazole rings is 1. The standard InChI is InChI=1S/C22H15ClF3N7/c23-15-4-1-12(2-5-15)19-20(28-11-29-21(19)27)13-8-30-33(9-13)10-18-31-16-6-3-14(22(24,25)26)7-17(16)32-18/h1-9,11H,10H2,(H,31,32)(H2,27,28,29). The SMILES string of the molecule is Nc1ncnc(-c2cnn(Cc3nc4ccc(C(F)(F)F)cc4[nH]3)c2)c1-c1ccc(Cl)cc1. The van der Waals surface area contributed by atoms with Crippen LogP contribution < -0.4 is 5.73 Å². The number of halogens is 4. The summed E-state index contributed by atoms with van der Waals surface area (Å²) in [6.07, 6.45) is 0.345. The molecule has 5 aromatic rings. The number of anilines is 1. The minimum absolute atomic E-state index is 0.229. The lowest BCUT2D eigenvalue weighted by molar-refractivity contribution is -0.137. The number of nitrogen functional groups attached to an aromatic ring is 1. The Bertz CT molecular complexity index is 1460. The molecule has 11 heteroatoms. The molecule has 3 heterocycles. The van der Waals surface area contributed by atoms with E-state index in [1.54, 1.807) is 29.2 Å². The second kappa shape index (κ2) is 7.89. The number of hydrogen-bond donors (Lipinski definition) is 2. The van der Waals surface area contributed by atoms with Crippen molar-refractivity contribution in [3.8, 4) is 22.4 Å². The largest absolute Gasteiger partial charge is 0.416 e. The van der Waals surface area contributed by atoms with Crippen LogP contribution in [0, 0.1) is 0 Å². The Labute approximate surface area is 190 Å². The van der Waals surface area contributed by atoms with Crippen molar-refractivity contribution in [1.29, 1.82) is 0 Å². The van der Waals surface area contributed by atoms with Crippen molar-refractivity contribution in [2.24, 2.45) is 0 Å². The number of aromatic nitrogens is 6. The summed E-state index contributed by atoms with van der Waals surface area (Å²) in [5.41, 5.74) is 8.90. The van der Waals surface area contributed by atoms with Crippen LogP contribution in [0.5, 0.6) is 0 Å². The van der Waals surface area contributed by atoms with Crippen molar-refractivity contribution < 1.29 is 13.2 Å². The summed E-state index contributed by atoms with van der Waals surface area (Å²) in [6, 6.07) is 10.6. The van der Waals surface area contributed by atoms with Crippen LogP contribution in [0.15, 0.2) is 61.2 Å². The van der Waals surface area contributed by atoms with Gasteiger partial charge < -0.3 is 10.7 Å². The van der Waals surface area contributed by atoms with Crippen molar-refractivity contribution in [1.82, 2.24) is 29.7 Å². The zero-order valence-corrected chi connectivity index (χ0v) is 17.6. The molecule has 0 aliphatic heterocycles. The first-order valence-electron chi connectivity index (χ1n) is 9.73. The van der Waals surface area contributed by atoms with Gasteiger partial charge in [-0.1, -0.05) is 23.7 Å². The Morgan fingerprint density at radius 3 is 2.58 bits per heavy atom. The van der Waals surface area contributed by atoms with Crippen molar-refractivity contribution in [2.75, 3.05) is 5.73 Å². The van der Waals surface area contributed by atoms with Crippen molar-refractivity contribution >= 4 is 28.5 Å². The van der Waals surface area contributed by atoms with Gasteiger partial charge in [0.1, 0.15) is 18.0 Å². The molecule has 0 bridgehead atoms. The maximum atomic E-state index is 13.0. The predicted octanol–water partition coefficient (Wildman–Crippen LogP) is 5.19. The van der Waals surface area contributed by atoms with Gasteiger partial charge in [0.2, 0.25) is 0 Å². The van der Waals surface area contributed by atoms with Crippen molar-refractivity contribution in [2.45, 2.75) is 12.7 Å². The van der Waals surface area contributed by atoms with Gasteiger partial charge in [0.05, 0.1) is 40.6 Å². The molecular formula is C22H15ClF3N7. The van der Waals surface area contributed by atoms with Crippen molar-refractivity contribution in [3.05, 3.63) is 77.6 Å². The molecule has 2 aromatic carbocycles. The number of aromatic amines is 1. The van der Waals surface area contributed by atoms with E-state index < -0.39 is 11.7 Å². The average Bonchev–Trinajstić information content (AvgIpc) is 3.40. The van der Waals surface area contributed by atoms with Gasteiger partial charge in [0.15, 0.2) is 0 Å². The second-order valence-corrected chi connectivity index (χ2v) is 7.77. The van der Waals surface area contributed by atoms with Gasteiger partial charge in [0, 0.05) is 16.8 Å². The summed E-state index contributed by atoms with van der Waals surface area (Å²) in [7, 11) is 0. The first-order valence-corrected chi connectivity index (χ1v) is 10.1.